The van der Waals surface area contributed by atoms with E-state index in [1.165, 1.54) is 41.6 Å². The van der Waals surface area contributed by atoms with Crippen LogP contribution in [-0.2, 0) is 10.1 Å². The van der Waals surface area contributed by atoms with Gasteiger partial charge in [-0.15, -0.1) is 0 Å². The van der Waals surface area contributed by atoms with Crippen LogP contribution >= 0.6 is 11.6 Å². The molecule has 2 aliphatic rings. The minimum atomic E-state index is -4.10. The van der Waals surface area contributed by atoms with Gasteiger partial charge in [-0.2, -0.15) is 8.42 Å². The third-order valence-corrected chi connectivity index (χ3v) is 9.40. The van der Waals surface area contributed by atoms with Crippen LogP contribution in [-0.4, -0.2) is 21.7 Å². The average Bonchev–Trinajstić information content (AvgIpc) is 3.48. The van der Waals surface area contributed by atoms with Gasteiger partial charge in [-0.25, -0.2) is 0 Å². The fourth-order valence-corrected chi connectivity index (χ4v) is 6.98. The molecule has 6 rings (SSSR count). The zero-order chi connectivity index (χ0) is 29.4. The first-order valence-electron chi connectivity index (χ1n) is 13.8. The first kappa shape index (κ1) is 28.1. The average molecular weight is 599 g/mol. The van der Waals surface area contributed by atoms with Crippen LogP contribution in [0.2, 0.25) is 5.02 Å². The second kappa shape index (κ2) is 11.3. The number of allylic oxidation sites excluding steroid dienone is 2. The zero-order valence-electron chi connectivity index (χ0n) is 23.5. The zero-order valence-corrected chi connectivity index (χ0v) is 25.1. The minimum Gasteiger partial charge on any atom is -0.493 e. The number of benzene rings is 4. The molecular weight excluding hydrogens is 568 g/mol. The highest BCUT2D eigenvalue weighted by molar-refractivity contribution is 7.87. The van der Waals surface area contributed by atoms with Crippen molar-refractivity contribution in [3.05, 3.63) is 124 Å². The van der Waals surface area contributed by atoms with E-state index in [-0.39, 0.29) is 27.5 Å². The van der Waals surface area contributed by atoms with Crippen molar-refractivity contribution in [1.82, 2.24) is 0 Å². The molecule has 0 spiro atoms. The Bertz CT molecular complexity index is 1800. The lowest BCUT2D eigenvalue weighted by molar-refractivity contribution is 0.390. The van der Waals surface area contributed by atoms with Gasteiger partial charge in [-0.3, -0.25) is 4.99 Å². The highest BCUT2D eigenvalue weighted by Crippen LogP contribution is 2.50. The van der Waals surface area contributed by atoms with Crippen molar-refractivity contribution in [2.24, 2.45) is 10.9 Å². The van der Waals surface area contributed by atoms with E-state index in [4.69, 9.17) is 20.5 Å². The molecule has 0 unspecified atom stereocenters. The number of aliphatic imine (C=N–C) groups is 1. The van der Waals surface area contributed by atoms with Gasteiger partial charge in [0.05, 0.1) is 23.9 Å². The molecule has 1 N–H and O–H groups in total. The lowest BCUT2D eigenvalue weighted by Gasteiger charge is -2.37. The molecule has 0 amide bonds. The molecule has 0 radical (unpaired) electrons. The normalized spacial score (nSPS) is 19.3. The maximum Gasteiger partial charge on any atom is 0.339 e. The van der Waals surface area contributed by atoms with Crippen LogP contribution in [0.4, 0.5) is 11.4 Å². The SMILES string of the molecule is COc1cc(C=Nc2ccc([C@@H]3Nc4ccc(C)cc4[C@H]4C=CC[C@H]43)cc2)cc(Cl)c1OS(=O)(=O)c1ccc(C)cc1. The van der Waals surface area contributed by atoms with Crippen molar-refractivity contribution >= 4 is 39.3 Å². The van der Waals surface area contributed by atoms with Crippen molar-refractivity contribution in [2.45, 2.75) is 37.1 Å². The number of fused-ring (bicyclic) bond motifs is 3. The highest BCUT2D eigenvalue weighted by Gasteiger charge is 2.37. The monoisotopic (exact) mass is 598 g/mol. The Hall–Kier alpha value is -4.07. The van der Waals surface area contributed by atoms with E-state index in [0.717, 1.165) is 17.7 Å². The molecule has 4 aromatic carbocycles. The summed E-state index contributed by atoms with van der Waals surface area (Å²) in [5.74, 6) is 1.01. The largest absolute Gasteiger partial charge is 0.493 e. The van der Waals surface area contributed by atoms with Gasteiger partial charge < -0.3 is 14.2 Å². The third-order valence-electron chi connectivity index (χ3n) is 7.89. The fourth-order valence-electron chi connectivity index (χ4n) is 5.72. The number of halogens is 1. The van der Waals surface area contributed by atoms with E-state index in [1.807, 2.05) is 19.1 Å². The quantitative estimate of drug-likeness (QED) is 0.131. The third kappa shape index (κ3) is 5.54. The number of nitrogens with one attached hydrogen (secondary N) is 1. The fraction of sp³-hybridized carbons (Fsp3) is 0.206. The van der Waals surface area contributed by atoms with Crippen LogP contribution in [0.3, 0.4) is 0 Å². The molecule has 1 aliphatic heterocycles. The van der Waals surface area contributed by atoms with E-state index in [0.29, 0.717) is 17.4 Å². The number of aryl methyl sites for hydroxylation is 2. The Morgan fingerprint density at radius 1 is 0.952 bits per heavy atom. The van der Waals surface area contributed by atoms with Crippen molar-refractivity contribution in [3.8, 4) is 11.5 Å². The molecule has 214 valence electrons. The lowest BCUT2D eigenvalue weighted by Crippen LogP contribution is -2.29. The van der Waals surface area contributed by atoms with Gasteiger partial charge in [0.15, 0.2) is 5.75 Å². The molecular formula is C34H31ClN2O4S. The lowest BCUT2D eigenvalue weighted by atomic mass is 9.76. The Morgan fingerprint density at radius 3 is 2.43 bits per heavy atom. The molecule has 0 fully saturated rings. The summed E-state index contributed by atoms with van der Waals surface area (Å²) in [6.07, 6.45) is 7.36. The number of methoxy groups -OCH3 is 1. The van der Waals surface area contributed by atoms with Gasteiger partial charge in [0.2, 0.25) is 5.75 Å². The van der Waals surface area contributed by atoms with E-state index >= 15 is 0 Å². The molecule has 8 heteroatoms. The summed E-state index contributed by atoms with van der Waals surface area (Å²) >= 11 is 6.47. The second-order valence-electron chi connectivity index (χ2n) is 10.8. The predicted molar refractivity (Wildman–Crippen MR) is 168 cm³/mol. The number of rotatable bonds is 7. The summed E-state index contributed by atoms with van der Waals surface area (Å²) in [7, 11) is -2.67. The summed E-state index contributed by atoms with van der Waals surface area (Å²) in [5, 5.41) is 3.88. The summed E-state index contributed by atoms with van der Waals surface area (Å²) in [6, 6.07) is 24.7. The summed E-state index contributed by atoms with van der Waals surface area (Å²) in [5.41, 5.74) is 7.44. The number of nitrogens with zero attached hydrogens (tertiary/aromatic N) is 1. The predicted octanol–water partition coefficient (Wildman–Crippen LogP) is 8.31. The van der Waals surface area contributed by atoms with Gasteiger partial charge in [-0.05, 0) is 85.3 Å². The first-order valence-corrected chi connectivity index (χ1v) is 15.6. The molecule has 4 aromatic rings. The molecule has 1 aliphatic carbocycles. The van der Waals surface area contributed by atoms with E-state index in [9.17, 15) is 8.42 Å². The minimum absolute atomic E-state index is 0.0303. The van der Waals surface area contributed by atoms with Gasteiger partial charge in [0.1, 0.15) is 4.90 Å². The molecule has 0 saturated carbocycles. The Balaban J connectivity index is 1.20. The van der Waals surface area contributed by atoms with Gasteiger partial charge in [0.25, 0.3) is 0 Å². The molecule has 1 heterocycles. The maximum absolute atomic E-state index is 12.8. The van der Waals surface area contributed by atoms with Crippen LogP contribution in [0, 0.1) is 19.8 Å². The number of anilines is 1. The van der Waals surface area contributed by atoms with E-state index in [1.54, 1.807) is 30.5 Å². The van der Waals surface area contributed by atoms with Crippen LogP contribution in [0.25, 0.3) is 0 Å². The smallest absolute Gasteiger partial charge is 0.339 e. The van der Waals surface area contributed by atoms with Crippen molar-refractivity contribution in [2.75, 3.05) is 12.4 Å². The Labute approximate surface area is 251 Å². The highest BCUT2D eigenvalue weighted by atomic mass is 35.5. The maximum atomic E-state index is 12.8. The van der Waals surface area contributed by atoms with Crippen LogP contribution in [0.5, 0.6) is 11.5 Å². The topological polar surface area (TPSA) is 77.0 Å². The molecule has 0 saturated heterocycles. The van der Waals surface area contributed by atoms with Crippen molar-refractivity contribution < 1.29 is 17.3 Å². The van der Waals surface area contributed by atoms with Crippen molar-refractivity contribution in [3.63, 3.8) is 0 Å². The molecule has 6 nitrogen and oxygen atoms in total. The molecule has 3 atom stereocenters. The van der Waals surface area contributed by atoms with Crippen LogP contribution in [0.15, 0.2) is 101 Å². The molecule has 0 aromatic heterocycles. The molecule has 42 heavy (non-hydrogen) atoms. The van der Waals surface area contributed by atoms with Crippen molar-refractivity contribution in [1.29, 1.82) is 0 Å². The summed E-state index contributed by atoms with van der Waals surface area (Å²) in [4.78, 5) is 4.65. The number of hydrogen-bond donors (Lipinski definition) is 1. The summed E-state index contributed by atoms with van der Waals surface area (Å²) in [6.45, 7) is 4.02. The van der Waals surface area contributed by atoms with Gasteiger partial charge in [0, 0.05) is 17.8 Å². The van der Waals surface area contributed by atoms with E-state index in [2.05, 4.69) is 59.7 Å². The number of hydrogen-bond acceptors (Lipinski definition) is 6. The summed E-state index contributed by atoms with van der Waals surface area (Å²) < 4.78 is 36.5. The van der Waals surface area contributed by atoms with Crippen LogP contribution in [0.1, 0.15) is 46.2 Å². The van der Waals surface area contributed by atoms with Gasteiger partial charge >= 0.3 is 10.1 Å². The number of ether oxygens (including phenoxy) is 1. The standard InChI is InChI=1S/C34H31ClN2O4S/c1-21-7-14-26(15-8-21)42(38,39)41-34-30(35)18-23(19-32(34)40-3)20-36-25-12-10-24(11-13-25)33-28-6-4-5-27(28)29-17-22(2)9-16-31(29)37-33/h4-5,7-20,27-28,33,37H,6H2,1-3H3/t27-,28+,33-/m0/s1. The van der Waals surface area contributed by atoms with Gasteiger partial charge in [-0.1, -0.05) is 71.3 Å². The first-order chi connectivity index (χ1) is 20.2. The van der Waals surface area contributed by atoms with E-state index < -0.39 is 10.1 Å². The Morgan fingerprint density at radius 2 is 1.69 bits per heavy atom. The second-order valence-corrected chi connectivity index (χ2v) is 12.8. The molecule has 0 bridgehead atoms. The Kier molecular flexibility index (Phi) is 7.56. The van der Waals surface area contributed by atoms with Crippen LogP contribution < -0.4 is 14.2 Å².